The first-order valence-corrected chi connectivity index (χ1v) is 5.67. The zero-order valence-corrected chi connectivity index (χ0v) is 9.27. The van der Waals surface area contributed by atoms with Gasteiger partial charge in [0, 0.05) is 31.1 Å². The van der Waals surface area contributed by atoms with Crippen molar-refractivity contribution < 1.29 is 9.21 Å². The van der Waals surface area contributed by atoms with Crippen LogP contribution in [0.25, 0.3) is 11.1 Å². The summed E-state index contributed by atoms with van der Waals surface area (Å²) in [4.78, 5) is 15.6. The molecule has 1 saturated heterocycles. The molecule has 1 aliphatic rings. The number of fused-ring (bicyclic) bond motifs is 1. The molecule has 1 aliphatic heterocycles. The Morgan fingerprint density at radius 2 is 2.35 bits per heavy atom. The van der Waals surface area contributed by atoms with Crippen LogP contribution in [0.2, 0.25) is 0 Å². The number of furan rings is 1. The monoisotopic (exact) mass is 231 g/mol. The highest BCUT2D eigenvalue weighted by atomic mass is 16.3. The lowest BCUT2D eigenvalue weighted by Gasteiger charge is -2.10. The zero-order chi connectivity index (χ0) is 11.7. The maximum absolute atomic E-state index is 11.5. The van der Waals surface area contributed by atoms with Crippen LogP contribution in [-0.4, -0.2) is 24.0 Å². The number of carbonyl (C=O) groups is 1. The van der Waals surface area contributed by atoms with Crippen LogP contribution < -0.4 is 10.6 Å². The molecular weight excluding hydrogens is 218 g/mol. The summed E-state index contributed by atoms with van der Waals surface area (Å²) < 4.78 is 5.66. The average Bonchev–Trinajstić information content (AvgIpc) is 2.65. The second kappa shape index (κ2) is 4.18. The normalized spacial score (nSPS) is 21.2. The Bertz CT molecular complexity index is 516. The number of pyridine rings is 1. The van der Waals surface area contributed by atoms with Gasteiger partial charge < -0.3 is 15.1 Å². The Morgan fingerprint density at radius 1 is 1.41 bits per heavy atom. The second-order valence-corrected chi connectivity index (χ2v) is 4.11. The van der Waals surface area contributed by atoms with Gasteiger partial charge in [0.05, 0.1) is 6.04 Å². The summed E-state index contributed by atoms with van der Waals surface area (Å²) in [5, 5.41) is 7.07. The fourth-order valence-corrected chi connectivity index (χ4v) is 2.04. The van der Waals surface area contributed by atoms with Crippen LogP contribution in [0.15, 0.2) is 28.8 Å². The number of nitrogens with one attached hydrogen (secondary N) is 2. The average molecular weight is 231 g/mol. The summed E-state index contributed by atoms with van der Waals surface area (Å²) in [7, 11) is 0. The van der Waals surface area contributed by atoms with E-state index in [0.717, 1.165) is 17.7 Å². The Labute approximate surface area is 98.2 Å². The zero-order valence-electron chi connectivity index (χ0n) is 9.27. The summed E-state index contributed by atoms with van der Waals surface area (Å²) in [6.07, 6.45) is 2.10. The molecular formula is C12H13N3O2. The largest absolute Gasteiger partial charge is 0.441 e. The van der Waals surface area contributed by atoms with Gasteiger partial charge >= 0.3 is 0 Å². The lowest BCUT2D eigenvalue weighted by Crippen LogP contribution is -2.24. The predicted octanol–water partition coefficient (Wildman–Crippen LogP) is 0.978. The minimum atomic E-state index is -0.0632. The van der Waals surface area contributed by atoms with Crippen molar-refractivity contribution in [3.05, 3.63) is 30.2 Å². The van der Waals surface area contributed by atoms with Crippen LogP contribution in [0, 0.1) is 0 Å². The summed E-state index contributed by atoms with van der Waals surface area (Å²) in [6, 6.07) is 5.70. The van der Waals surface area contributed by atoms with E-state index in [4.69, 9.17) is 4.42 Å². The third-order valence-corrected chi connectivity index (χ3v) is 2.88. The molecule has 3 rings (SSSR count). The SMILES string of the molecule is O=C1CC(c2cc3cccnc3o2)NCCN1. The van der Waals surface area contributed by atoms with E-state index in [1.54, 1.807) is 6.20 Å². The fraction of sp³-hybridized carbons (Fsp3) is 0.333. The summed E-state index contributed by atoms with van der Waals surface area (Å²) in [5.41, 5.74) is 0.619. The topological polar surface area (TPSA) is 67.2 Å². The first-order chi connectivity index (χ1) is 8.33. The molecule has 2 N–H and O–H groups in total. The first-order valence-electron chi connectivity index (χ1n) is 5.67. The quantitative estimate of drug-likeness (QED) is 0.767. The standard InChI is InChI=1S/C12H13N3O2/c16-11-7-9(13-4-5-14-11)10-6-8-2-1-3-15-12(8)17-10/h1-3,6,9,13H,4-5,7H2,(H,14,16). The Kier molecular flexibility index (Phi) is 2.53. The maximum Gasteiger partial charge on any atom is 0.226 e. The van der Waals surface area contributed by atoms with Gasteiger partial charge in [0.25, 0.3) is 0 Å². The predicted molar refractivity (Wildman–Crippen MR) is 62.4 cm³/mol. The van der Waals surface area contributed by atoms with Crippen molar-refractivity contribution in [3.63, 3.8) is 0 Å². The van der Waals surface area contributed by atoms with Gasteiger partial charge in [-0.3, -0.25) is 4.79 Å². The molecule has 5 heteroatoms. The fourth-order valence-electron chi connectivity index (χ4n) is 2.04. The molecule has 1 atom stereocenters. The minimum Gasteiger partial charge on any atom is -0.441 e. The molecule has 3 heterocycles. The van der Waals surface area contributed by atoms with Crippen LogP contribution in [0.5, 0.6) is 0 Å². The lowest BCUT2D eigenvalue weighted by atomic mass is 10.1. The van der Waals surface area contributed by atoms with E-state index in [2.05, 4.69) is 15.6 Å². The molecule has 2 aromatic heterocycles. The van der Waals surface area contributed by atoms with E-state index in [1.165, 1.54) is 0 Å². The number of amides is 1. The van der Waals surface area contributed by atoms with Crippen molar-refractivity contribution in [1.82, 2.24) is 15.6 Å². The number of rotatable bonds is 1. The summed E-state index contributed by atoms with van der Waals surface area (Å²) >= 11 is 0. The van der Waals surface area contributed by atoms with E-state index in [9.17, 15) is 4.79 Å². The van der Waals surface area contributed by atoms with Gasteiger partial charge in [0.2, 0.25) is 11.6 Å². The Morgan fingerprint density at radius 3 is 3.24 bits per heavy atom. The molecule has 1 amide bonds. The highest BCUT2D eigenvalue weighted by molar-refractivity contribution is 5.78. The lowest BCUT2D eigenvalue weighted by molar-refractivity contribution is -0.121. The molecule has 0 bridgehead atoms. The van der Waals surface area contributed by atoms with E-state index in [1.807, 2.05) is 18.2 Å². The molecule has 0 spiro atoms. The van der Waals surface area contributed by atoms with Crippen LogP contribution in [0.3, 0.4) is 0 Å². The van der Waals surface area contributed by atoms with E-state index < -0.39 is 0 Å². The van der Waals surface area contributed by atoms with Gasteiger partial charge in [-0.25, -0.2) is 4.98 Å². The molecule has 2 aromatic rings. The summed E-state index contributed by atoms with van der Waals surface area (Å²) in [6.45, 7) is 1.41. The summed E-state index contributed by atoms with van der Waals surface area (Å²) in [5.74, 6) is 0.823. The van der Waals surface area contributed by atoms with Crippen molar-refractivity contribution in [2.45, 2.75) is 12.5 Å². The van der Waals surface area contributed by atoms with Crippen LogP contribution in [-0.2, 0) is 4.79 Å². The Hall–Kier alpha value is -1.88. The van der Waals surface area contributed by atoms with Crippen molar-refractivity contribution >= 4 is 17.0 Å². The van der Waals surface area contributed by atoms with Crippen LogP contribution in [0.4, 0.5) is 0 Å². The smallest absolute Gasteiger partial charge is 0.226 e. The second-order valence-electron chi connectivity index (χ2n) is 4.11. The molecule has 0 aromatic carbocycles. The maximum atomic E-state index is 11.5. The minimum absolute atomic E-state index is 0.0495. The van der Waals surface area contributed by atoms with Crippen LogP contribution in [0.1, 0.15) is 18.2 Å². The molecule has 0 saturated carbocycles. The van der Waals surface area contributed by atoms with Gasteiger partial charge in [0.15, 0.2) is 0 Å². The first kappa shape index (κ1) is 10.3. The molecule has 0 radical (unpaired) electrons. The van der Waals surface area contributed by atoms with Gasteiger partial charge in [-0.05, 0) is 18.2 Å². The molecule has 1 fully saturated rings. The number of aromatic nitrogens is 1. The molecule has 5 nitrogen and oxygen atoms in total. The number of nitrogens with zero attached hydrogens (tertiary/aromatic N) is 1. The number of hydrogen-bond acceptors (Lipinski definition) is 4. The number of carbonyl (C=O) groups excluding carboxylic acids is 1. The van der Waals surface area contributed by atoms with E-state index >= 15 is 0 Å². The highest BCUT2D eigenvalue weighted by Crippen LogP contribution is 2.24. The number of hydrogen-bond donors (Lipinski definition) is 2. The van der Waals surface area contributed by atoms with Crippen LogP contribution >= 0.6 is 0 Å². The van der Waals surface area contributed by atoms with Crippen molar-refractivity contribution in [1.29, 1.82) is 0 Å². The molecule has 0 aliphatic carbocycles. The van der Waals surface area contributed by atoms with Gasteiger partial charge in [-0.15, -0.1) is 0 Å². The van der Waals surface area contributed by atoms with Crippen molar-refractivity contribution in [2.75, 3.05) is 13.1 Å². The van der Waals surface area contributed by atoms with Crippen molar-refractivity contribution in [3.8, 4) is 0 Å². The van der Waals surface area contributed by atoms with E-state index in [-0.39, 0.29) is 11.9 Å². The molecule has 17 heavy (non-hydrogen) atoms. The third-order valence-electron chi connectivity index (χ3n) is 2.88. The van der Waals surface area contributed by atoms with Gasteiger partial charge in [-0.2, -0.15) is 0 Å². The molecule has 88 valence electrons. The van der Waals surface area contributed by atoms with Gasteiger partial charge in [0.1, 0.15) is 5.76 Å². The Balaban J connectivity index is 1.94. The van der Waals surface area contributed by atoms with Gasteiger partial charge in [-0.1, -0.05) is 0 Å². The van der Waals surface area contributed by atoms with E-state index in [0.29, 0.717) is 18.7 Å². The highest BCUT2D eigenvalue weighted by Gasteiger charge is 2.21. The molecule has 1 unspecified atom stereocenters. The van der Waals surface area contributed by atoms with Crippen molar-refractivity contribution in [2.24, 2.45) is 0 Å². The third kappa shape index (κ3) is 2.01.